The van der Waals surface area contributed by atoms with Gasteiger partial charge >= 0.3 is 5.97 Å². The van der Waals surface area contributed by atoms with Gasteiger partial charge in [0.05, 0.1) is 11.3 Å². The molecule has 17 heavy (non-hydrogen) atoms. The Kier molecular flexibility index (Phi) is 4.22. The molecular formula is C11H13FO4S. The summed E-state index contributed by atoms with van der Waals surface area (Å²) in [5.74, 6) is -2.44. The third-order valence-electron chi connectivity index (χ3n) is 2.28. The van der Waals surface area contributed by atoms with E-state index in [2.05, 4.69) is 0 Å². The predicted octanol–water partition coefficient (Wildman–Crippen LogP) is 2.10. The SMILES string of the molecule is CCCCS(=O)(=O)c1ccc(C(=O)O)cc1F. The molecule has 1 aromatic rings. The van der Waals surface area contributed by atoms with Crippen LogP contribution in [-0.2, 0) is 9.84 Å². The number of sulfone groups is 1. The molecule has 0 heterocycles. The van der Waals surface area contributed by atoms with Crippen LogP contribution in [0.4, 0.5) is 4.39 Å². The third-order valence-corrected chi connectivity index (χ3v) is 4.11. The first-order chi connectivity index (χ1) is 7.88. The molecular weight excluding hydrogens is 247 g/mol. The Morgan fingerprint density at radius 1 is 1.41 bits per heavy atom. The van der Waals surface area contributed by atoms with Crippen molar-refractivity contribution in [1.29, 1.82) is 0 Å². The molecule has 0 saturated heterocycles. The first-order valence-corrected chi connectivity index (χ1v) is 6.79. The van der Waals surface area contributed by atoms with Crippen molar-refractivity contribution in [1.82, 2.24) is 0 Å². The summed E-state index contributed by atoms with van der Waals surface area (Å²) in [6, 6.07) is 2.81. The summed E-state index contributed by atoms with van der Waals surface area (Å²) in [5.41, 5.74) is -0.267. The van der Waals surface area contributed by atoms with Gasteiger partial charge in [-0.05, 0) is 24.6 Å². The molecule has 1 aromatic carbocycles. The first kappa shape index (κ1) is 13.6. The van der Waals surface area contributed by atoms with Crippen LogP contribution >= 0.6 is 0 Å². The average molecular weight is 260 g/mol. The van der Waals surface area contributed by atoms with E-state index in [-0.39, 0.29) is 11.3 Å². The number of unbranched alkanes of at least 4 members (excludes halogenated alkanes) is 1. The van der Waals surface area contributed by atoms with Crippen LogP contribution in [-0.4, -0.2) is 25.2 Å². The summed E-state index contributed by atoms with van der Waals surface area (Å²) >= 11 is 0. The van der Waals surface area contributed by atoms with Gasteiger partial charge in [-0.1, -0.05) is 13.3 Å². The van der Waals surface area contributed by atoms with Crippen LogP contribution in [0.2, 0.25) is 0 Å². The van der Waals surface area contributed by atoms with E-state index in [4.69, 9.17) is 5.11 Å². The molecule has 0 unspecified atom stereocenters. The van der Waals surface area contributed by atoms with Crippen LogP contribution in [0.15, 0.2) is 23.1 Å². The molecule has 0 saturated carbocycles. The molecule has 0 fully saturated rings. The fourth-order valence-electron chi connectivity index (χ4n) is 1.33. The predicted molar refractivity (Wildman–Crippen MR) is 60.3 cm³/mol. The number of hydrogen-bond donors (Lipinski definition) is 1. The van der Waals surface area contributed by atoms with Gasteiger partial charge < -0.3 is 5.11 Å². The third kappa shape index (κ3) is 3.26. The van der Waals surface area contributed by atoms with Gasteiger partial charge in [0.1, 0.15) is 10.7 Å². The first-order valence-electron chi connectivity index (χ1n) is 5.14. The Labute approximate surface area is 99.0 Å². The van der Waals surface area contributed by atoms with E-state index in [0.29, 0.717) is 12.8 Å². The minimum absolute atomic E-state index is 0.132. The molecule has 0 spiro atoms. The zero-order chi connectivity index (χ0) is 13.1. The van der Waals surface area contributed by atoms with Crippen molar-refractivity contribution in [3.63, 3.8) is 0 Å². The Balaban J connectivity index is 3.12. The van der Waals surface area contributed by atoms with E-state index < -0.39 is 26.5 Å². The van der Waals surface area contributed by atoms with Gasteiger partial charge in [-0.2, -0.15) is 0 Å². The number of carbonyl (C=O) groups is 1. The molecule has 1 rings (SSSR count). The van der Waals surface area contributed by atoms with Crippen molar-refractivity contribution in [3.8, 4) is 0 Å². The van der Waals surface area contributed by atoms with Crippen molar-refractivity contribution in [2.45, 2.75) is 24.7 Å². The Morgan fingerprint density at radius 2 is 2.06 bits per heavy atom. The average Bonchev–Trinajstić information content (AvgIpc) is 2.25. The second-order valence-corrected chi connectivity index (χ2v) is 5.70. The molecule has 6 heteroatoms. The van der Waals surface area contributed by atoms with Crippen molar-refractivity contribution in [2.75, 3.05) is 5.75 Å². The monoisotopic (exact) mass is 260 g/mol. The van der Waals surface area contributed by atoms with E-state index in [1.165, 1.54) is 0 Å². The summed E-state index contributed by atoms with van der Waals surface area (Å²) < 4.78 is 36.9. The van der Waals surface area contributed by atoms with Crippen LogP contribution in [0.25, 0.3) is 0 Å². The largest absolute Gasteiger partial charge is 0.478 e. The minimum Gasteiger partial charge on any atom is -0.478 e. The van der Waals surface area contributed by atoms with Gasteiger partial charge in [0.25, 0.3) is 0 Å². The molecule has 0 aliphatic heterocycles. The van der Waals surface area contributed by atoms with Crippen molar-refractivity contribution < 1.29 is 22.7 Å². The number of rotatable bonds is 5. The van der Waals surface area contributed by atoms with Crippen LogP contribution in [0.3, 0.4) is 0 Å². The maximum absolute atomic E-state index is 13.5. The van der Waals surface area contributed by atoms with E-state index in [1.807, 2.05) is 6.92 Å². The van der Waals surface area contributed by atoms with E-state index in [9.17, 15) is 17.6 Å². The molecule has 0 aliphatic carbocycles. The normalized spacial score (nSPS) is 11.4. The molecule has 1 N–H and O–H groups in total. The lowest BCUT2D eigenvalue weighted by Crippen LogP contribution is -2.10. The second kappa shape index (κ2) is 5.27. The summed E-state index contributed by atoms with van der Waals surface area (Å²) in [7, 11) is -3.66. The second-order valence-electron chi connectivity index (χ2n) is 3.62. The smallest absolute Gasteiger partial charge is 0.335 e. The number of benzene rings is 1. The molecule has 4 nitrogen and oxygen atoms in total. The number of halogens is 1. The number of carboxylic acid groups (broad SMARTS) is 1. The standard InChI is InChI=1S/C11H13FO4S/c1-2-3-6-17(15,16)10-5-4-8(11(13)14)7-9(10)12/h4-5,7H,2-3,6H2,1H3,(H,13,14). The van der Waals surface area contributed by atoms with Gasteiger partial charge in [-0.15, -0.1) is 0 Å². The molecule has 0 atom stereocenters. The summed E-state index contributed by atoms with van der Waals surface area (Å²) in [6.45, 7) is 1.83. The van der Waals surface area contributed by atoms with Crippen LogP contribution in [0.1, 0.15) is 30.1 Å². The molecule has 0 amide bonds. The summed E-state index contributed by atoms with van der Waals surface area (Å²) in [5, 5.41) is 8.63. The maximum Gasteiger partial charge on any atom is 0.335 e. The summed E-state index contributed by atoms with van der Waals surface area (Å²) in [4.78, 5) is 10.1. The van der Waals surface area contributed by atoms with Crippen molar-refractivity contribution in [3.05, 3.63) is 29.6 Å². The lowest BCUT2D eigenvalue weighted by Gasteiger charge is -2.05. The Morgan fingerprint density at radius 3 is 2.53 bits per heavy atom. The maximum atomic E-state index is 13.5. The van der Waals surface area contributed by atoms with E-state index in [1.54, 1.807) is 0 Å². The Hall–Kier alpha value is -1.43. The van der Waals surface area contributed by atoms with Gasteiger partial charge in [-0.25, -0.2) is 17.6 Å². The number of carboxylic acids is 1. The molecule has 0 bridgehead atoms. The van der Waals surface area contributed by atoms with Crippen LogP contribution in [0, 0.1) is 5.82 Å². The van der Waals surface area contributed by atoms with Crippen LogP contribution < -0.4 is 0 Å². The van der Waals surface area contributed by atoms with E-state index in [0.717, 1.165) is 18.2 Å². The molecule has 0 aliphatic rings. The quantitative estimate of drug-likeness (QED) is 0.880. The molecule has 0 radical (unpaired) electrons. The molecule has 0 aromatic heterocycles. The van der Waals surface area contributed by atoms with Gasteiger partial charge in [0.15, 0.2) is 9.84 Å². The van der Waals surface area contributed by atoms with Crippen LogP contribution in [0.5, 0.6) is 0 Å². The highest BCUT2D eigenvalue weighted by atomic mass is 32.2. The summed E-state index contributed by atoms with van der Waals surface area (Å²) in [6.07, 6.45) is 1.14. The van der Waals surface area contributed by atoms with Gasteiger partial charge in [0, 0.05) is 0 Å². The number of aromatic carboxylic acids is 1. The number of hydrogen-bond acceptors (Lipinski definition) is 3. The fourth-order valence-corrected chi connectivity index (χ4v) is 2.85. The zero-order valence-corrected chi connectivity index (χ0v) is 10.1. The highest BCUT2D eigenvalue weighted by molar-refractivity contribution is 7.91. The van der Waals surface area contributed by atoms with Gasteiger partial charge in [-0.3, -0.25) is 0 Å². The lowest BCUT2D eigenvalue weighted by molar-refractivity contribution is 0.0696. The van der Waals surface area contributed by atoms with E-state index >= 15 is 0 Å². The fraction of sp³-hybridized carbons (Fsp3) is 0.364. The zero-order valence-electron chi connectivity index (χ0n) is 9.31. The lowest BCUT2D eigenvalue weighted by atomic mass is 10.2. The topological polar surface area (TPSA) is 71.4 Å². The van der Waals surface area contributed by atoms with Gasteiger partial charge in [0.2, 0.25) is 0 Å². The van der Waals surface area contributed by atoms with Crippen molar-refractivity contribution >= 4 is 15.8 Å². The minimum atomic E-state index is -3.66. The highest BCUT2D eigenvalue weighted by Gasteiger charge is 2.19. The van der Waals surface area contributed by atoms with Crippen molar-refractivity contribution in [2.24, 2.45) is 0 Å². The highest BCUT2D eigenvalue weighted by Crippen LogP contribution is 2.18. The Bertz CT molecular complexity index is 522. The molecule has 94 valence electrons.